The van der Waals surface area contributed by atoms with Crippen molar-refractivity contribution >= 4 is 46.6 Å². The summed E-state index contributed by atoms with van der Waals surface area (Å²) in [5, 5.41) is 6.25. The number of benzene rings is 2. The lowest BCUT2D eigenvalue weighted by atomic mass is 10.2. The van der Waals surface area contributed by atoms with Crippen LogP contribution in [0.25, 0.3) is 0 Å². The van der Waals surface area contributed by atoms with Gasteiger partial charge in [-0.1, -0.05) is 23.7 Å². The minimum absolute atomic E-state index is 0.0580. The molecule has 2 N–H and O–H groups in total. The fourth-order valence-corrected chi connectivity index (χ4v) is 3.31. The molecule has 0 atom stereocenters. The Kier molecular flexibility index (Phi) is 8.17. The number of rotatable bonds is 8. The normalized spacial score (nSPS) is 10.6. The fourth-order valence-electron chi connectivity index (χ4n) is 2.60. The molecular formula is C20H24ClN3O3S. The van der Waals surface area contributed by atoms with Crippen LogP contribution in [0.5, 0.6) is 5.75 Å². The third kappa shape index (κ3) is 6.15. The molecule has 0 saturated heterocycles. The van der Waals surface area contributed by atoms with E-state index in [-0.39, 0.29) is 24.9 Å². The van der Waals surface area contributed by atoms with Crippen LogP contribution in [-0.4, -0.2) is 50.2 Å². The van der Waals surface area contributed by atoms with Gasteiger partial charge in [0.1, 0.15) is 5.75 Å². The quantitative estimate of drug-likeness (QED) is 0.633. The average molecular weight is 422 g/mol. The first kappa shape index (κ1) is 22.1. The van der Waals surface area contributed by atoms with Crippen LogP contribution in [0.2, 0.25) is 5.02 Å². The zero-order valence-electron chi connectivity index (χ0n) is 16.3. The van der Waals surface area contributed by atoms with Crippen LogP contribution in [0.4, 0.5) is 11.4 Å². The van der Waals surface area contributed by atoms with Gasteiger partial charge in [0.05, 0.1) is 31.6 Å². The Labute approximate surface area is 174 Å². The molecule has 2 rings (SSSR count). The monoisotopic (exact) mass is 421 g/mol. The Bertz CT molecular complexity index is 861. The molecule has 0 bridgehead atoms. The van der Waals surface area contributed by atoms with Crippen molar-refractivity contribution in [1.82, 2.24) is 4.90 Å². The van der Waals surface area contributed by atoms with E-state index in [2.05, 4.69) is 10.6 Å². The second kappa shape index (κ2) is 10.4. The van der Waals surface area contributed by atoms with Gasteiger partial charge in [-0.25, -0.2) is 0 Å². The van der Waals surface area contributed by atoms with E-state index < -0.39 is 0 Å². The molecule has 6 nitrogen and oxygen atoms in total. The predicted molar refractivity (Wildman–Crippen MR) is 116 cm³/mol. The average Bonchev–Trinajstić information content (AvgIpc) is 2.64. The Morgan fingerprint density at radius 3 is 2.32 bits per heavy atom. The highest BCUT2D eigenvalue weighted by Crippen LogP contribution is 2.30. The number of para-hydroxylation sites is 1. The molecule has 28 heavy (non-hydrogen) atoms. The summed E-state index contributed by atoms with van der Waals surface area (Å²) >= 11 is 7.64. The van der Waals surface area contributed by atoms with E-state index in [0.29, 0.717) is 16.5 Å². The summed E-state index contributed by atoms with van der Waals surface area (Å²) in [4.78, 5) is 27.3. The summed E-state index contributed by atoms with van der Waals surface area (Å²) in [5.41, 5.74) is 2.14. The van der Waals surface area contributed by atoms with Gasteiger partial charge in [0.2, 0.25) is 11.8 Å². The molecule has 0 radical (unpaired) electrons. The highest BCUT2D eigenvalue weighted by atomic mass is 35.5. The standard InChI is InChI=1S/C20H24ClN3O3S/c1-13-9-16(17(27-3)10-14(13)21)23-20(26)12-24(2)11-19(25)22-15-7-5-6-8-18(15)28-4/h5-10H,11-12H2,1-4H3,(H,22,25)(H,23,26). The van der Waals surface area contributed by atoms with E-state index >= 15 is 0 Å². The molecule has 0 saturated carbocycles. The summed E-state index contributed by atoms with van der Waals surface area (Å²) in [6.07, 6.45) is 1.95. The second-order valence-electron chi connectivity index (χ2n) is 6.27. The zero-order valence-corrected chi connectivity index (χ0v) is 17.9. The van der Waals surface area contributed by atoms with Crippen LogP contribution in [0.3, 0.4) is 0 Å². The van der Waals surface area contributed by atoms with Gasteiger partial charge in [-0.05, 0) is 44.0 Å². The van der Waals surface area contributed by atoms with E-state index in [0.717, 1.165) is 16.1 Å². The first-order valence-electron chi connectivity index (χ1n) is 8.59. The smallest absolute Gasteiger partial charge is 0.238 e. The predicted octanol–water partition coefficient (Wildman–Crippen LogP) is 3.89. The van der Waals surface area contributed by atoms with Crippen LogP contribution in [0, 0.1) is 6.92 Å². The topological polar surface area (TPSA) is 70.7 Å². The zero-order chi connectivity index (χ0) is 20.7. The van der Waals surface area contributed by atoms with Gasteiger partial charge in [0.15, 0.2) is 0 Å². The van der Waals surface area contributed by atoms with Crippen molar-refractivity contribution in [2.75, 3.05) is 44.1 Å². The van der Waals surface area contributed by atoms with Crippen molar-refractivity contribution in [1.29, 1.82) is 0 Å². The number of halogens is 1. The Morgan fingerprint density at radius 1 is 1.11 bits per heavy atom. The molecule has 8 heteroatoms. The number of nitrogens with one attached hydrogen (secondary N) is 2. The first-order valence-corrected chi connectivity index (χ1v) is 10.2. The van der Waals surface area contributed by atoms with E-state index in [9.17, 15) is 9.59 Å². The molecule has 150 valence electrons. The number of ether oxygens (including phenoxy) is 1. The molecule has 0 unspecified atom stereocenters. The van der Waals surface area contributed by atoms with Crippen LogP contribution in [0.1, 0.15) is 5.56 Å². The molecule has 2 amide bonds. The summed E-state index contributed by atoms with van der Waals surface area (Å²) in [6, 6.07) is 11.0. The molecule has 0 fully saturated rings. The van der Waals surface area contributed by atoms with E-state index in [1.54, 1.807) is 35.8 Å². The van der Waals surface area contributed by atoms with Crippen LogP contribution in [0.15, 0.2) is 41.3 Å². The van der Waals surface area contributed by atoms with Crippen LogP contribution < -0.4 is 15.4 Å². The van der Waals surface area contributed by atoms with Crippen molar-refractivity contribution in [2.24, 2.45) is 0 Å². The number of amides is 2. The van der Waals surface area contributed by atoms with Crippen molar-refractivity contribution < 1.29 is 14.3 Å². The van der Waals surface area contributed by atoms with Crippen molar-refractivity contribution in [3.05, 3.63) is 47.0 Å². The number of anilines is 2. The first-order chi connectivity index (χ1) is 13.3. The lowest BCUT2D eigenvalue weighted by molar-refractivity contribution is -0.119. The maximum Gasteiger partial charge on any atom is 0.238 e. The number of hydrogen-bond donors (Lipinski definition) is 2. The number of carbonyl (C=O) groups is 2. The summed E-state index contributed by atoms with van der Waals surface area (Å²) < 4.78 is 5.26. The minimum Gasteiger partial charge on any atom is -0.495 e. The van der Waals surface area contributed by atoms with Crippen LogP contribution in [-0.2, 0) is 9.59 Å². The van der Waals surface area contributed by atoms with E-state index in [1.807, 2.05) is 37.4 Å². The number of thioether (sulfide) groups is 1. The molecule has 0 heterocycles. The molecular weight excluding hydrogens is 398 g/mol. The molecule has 0 aliphatic heterocycles. The molecule has 2 aromatic rings. The van der Waals surface area contributed by atoms with Gasteiger partial charge in [0.25, 0.3) is 0 Å². The highest BCUT2D eigenvalue weighted by Gasteiger charge is 2.14. The minimum atomic E-state index is -0.250. The Hall–Kier alpha value is -2.22. The summed E-state index contributed by atoms with van der Waals surface area (Å²) in [7, 11) is 3.23. The van der Waals surface area contributed by atoms with Gasteiger partial charge < -0.3 is 15.4 Å². The van der Waals surface area contributed by atoms with Crippen LogP contribution >= 0.6 is 23.4 Å². The van der Waals surface area contributed by atoms with E-state index in [4.69, 9.17) is 16.3 Å². The number of methoxy groups -OCH3 is 1. The number of hydrogen-bond acceptors (Lipinski definition) is 5. The molecule has 0 aliphatic rings. The Morgan fingerprint density at radius 2 is 1.71 bits per heavy atom. The number of carbonyl (C=O) groups excluding carboxylic acids is 2. The second-order valence-corrected chi connectivity index (χ2v) is 7.53. The van der Waals surface area contributed by atoms with Gasteiger partial charge in [-0.3, -0.25) is 14.5 Å². The van der Waals surface area contributed by atoms with Gasteiger partial charge in [-0.15, -0.1) is 11.8 Å². The fraction of sp³-hybridized carbons (Fsp3) is 0.300. The SMILES string of the molecule is COc1cc(Cl)c(C)cc1NC(=O)CN(C)CC(=O)Nc1ccccc1SC. The van der Waals surface area contributed by atoms with Gasteiger partial charge in [0, 0.05) is 16.0 Å². The lowest BCUT2D eigenvalue weighted by Gasteiger charge is -2.18. The summed E-state index contributed by atoms with van der Waals surface area (Å²) in [5.74, 6) is 0.0505. The molecule has 2 aromatic carbocycles. The number of likely N-dealkylation sites (N-methyl/N-ethyl adjacent to an activating group) is 1. The third-order valence-corrected chi connectivity index (χ3v) is 5.17. The third-order valence-electron chi connectivity index (χ3n) is 3.96. The maximum absolute atomic E-state index is 12.4. The Balaban J connectivity index is 1.92. The molecule has 0 aromatic heterocycles. The number of nitrogens with zero attached hydrogens (tertiary/aromatic N) is 1. The van der Waals surface area contributed by atoms with Gasteiger partial charge in [-0.2, -0.15) is 0 Å². The van der Waals surface area contributed by atoms with E-state index in [1.165, 1.54) is 7.11 Å². The summed E-state index contributed by atoms with van der Waals surface area (Å²) in [6.45, 7) is 2.00. The molecule has 0 aliphatic carbocycles. The lowest BCUT2D eigenvalue weighted by Crippen LogP contribution is -2.36. The van der Waals surface area contributed by atoms with Gasteiger partial charge >= 0.3 is 0 Å². The van der Waals surface area contributed by atoms with Crippen molar-refractivity contribution in [3.63, 3.8) is 0 Å². The van der Waals surface area contributed by atoms with Crippen molar-refractivity contribution in [2.45, 2.75) is 11.8 Å². The largest absolute Gasteiger partial charge is 0.495 e. The maximum atomic E-state index is 12.4. The number of aryl methyl sites for hydroxylation is 1. The highest BCUT2D eigenvalue weighted by molar-refractivity contribution is 7.98. The van der Waals surface area contributed by atoms with Crippen molar-refractivity contribution in [3.8, 4) is 5.75 Å². The molecule has 0 spiro atoms.